The second-order valence-electron chi connectivity index (χ2n) is 6.25. The lowest BCUT2D eigenvalue weighted by molar-refractivity contribution is 0.0900. The second kappa shape index (κ2) is 6.88. The van der Waals surface area contributed by atoms with E-state index in [1.165, 1.54) is 28.9 Å². The molecule has 8 heteroatoms. The van der Waals surface area contributed by atoms with E-state index in [1.54, 1.807) is 18.2 Å². The highest BCUT2D eigenvalue weighted by atomic mass is 19.1. The first-order valence-corrected chi connectivity index (χ1v) is 8.31. The van der Waals surface area contributed by atoms with Crippen LogP contribution in [0.15, 0.2) is 48.5 Å². The zero-order valence-corrected chi connectivity index (χ0v) is 14.0. The number of aromatic nitrogens is 2. The molecule has 1 aliphatic rings. The van der Waals surface area contributed by atoms with Crippen LogP contribution in [0.4, 0.5) is 13.2 Å². The molecule has 2 N–H and O–H groups in total. The van der Waals surface area contributed by atoms with Gasteiger partial charge in [-0.3, -0.25) is 10.1 Å². The third-order valence-electron chi connectivity index (χ3n) is 4.32. The molecular weight excluding hydrogens is 357 g/mol. The Morgan fingerprint density at radius 2 is 1.74 bits per heavy atom. The van der Waals surface area contributed by atoms with E-state index < -0.39 is 17.8 Å². The largest absolute Gasteiger partial charge is 0.347 e. The zero-order valence-electron chi connectivity index (χ0n) is 14.0. The Labute approximate surface area is 152 Å². The van der Waals surface area contributed by atoms with Crippen LogP contribution in [0.25, 0.3) is 11.3 Å². The van der Waals surface area contributed by atoms with Crippen LogP contribution in [0.1, 0.15) is 22.2 Å². The number of halogens is 3. The van der Waals surface area contributed by atoms with Gasteiger partial charge in [0.2, 0.25) is 0 Å². The molecule has 0 spiro atoms. The summed E-state index contributed by atoms with van der Waals surface area (Å²) < 4.78 is 41.3. The van der Waals surface area contributed by atoms with Gasteiger partial charge in [-0.1, -0.05) is 0 Å². The lowest BCUT2D eigenvalue weighted by Crippen LogP contribution is -2.45. The van der Waals surface area contributed by atoms with Crippen molar-refractivity contribution in [1.82, 2.24) is 20.4 Å². The summed E-state index contributed by atoms with van der Waals surface area (Å²) in [6.45, 7) is 0.467. The number of rotatable bonds is 4. The molecule has 0 radical (unpaired) electrons. The van der Waals surface area contributed by atoms with Crippen LogP contribution in [0.5, 0.6) is 0 Å². The quantitative estimate of drug-likeness (QED) is 0.740. The Morgan fingerprint density at radius 3 is 2.44 bits per heavy atom. The summed E-state index contributed by atoms with van der Waals surface area (Å²) in [5.74, 6) is -1.93. The van der Waals surface area contributed by atoms with Crippen LogP contribution >= 0.6 is 0 Å². The van der Waals surface area contributed by atoms with E-state index in [0.29, 0.717) is 22.5 Å². The molecule has 0 fully saturated rings. The molecular formula is C19H15F3N4O. The monoisotopic (exact) mass is 372 g/mol. The smallest absolute Gasteiger partial charge is 0.269 e. The first kappa shape index (κ1) is 17.3. The molecule has 0 saturated heterocycles. The molecule has 4 rings (SSSR count). The van der Waals surface area contributed by atoms with E-state index in [-0.39, 0.29) is 24.8 Å². The molecule has 5 nitrogen and oxygen atoms in total. The van der Waals surface area contributed by atoms with Crippen molar-refractivity contribution in [2.45, 2.75) is 12.7 Å². The van der Waals surface area contributed by atoms with Crippen LogP contribution < -0.4 is 10.6 Å². The Morgan fingerprint density at radius 1 is 1.04 bits per heavy atom. The Hall–Kier alpha value is -3.13. The number of benzene rings is 2. The number of carbonyl (C=O) groups excluding carboxylic acids is 1. The third kappa shape index (κ3) is 3.56. The van der Waals surface area contributed by atoms with Crippen LogP contribution in [-0.4, -0.2) is 22.2 Å². The summed E-state index contributed by atoms with van der Waals surface area (Å²) in [5.41, 5.74) is 2.00. The van der Waals surface area contributed by atoms with Crippen molar-refractivity contribution < 1.29 is 18.0 Å². The summed E-state index contributed by atoms with van der Waals surface area (Å²) in [7, 11) is 0. The fourth-order valence-electron chi connectivity index (χ4n) is 3.04. The molecule has 2 aromatic carbocycles. The number of hydrogen-bond acceptors (Lipinski definition) is 3. The number of nitrogens with zero attached hydrogens (tertiary/aromatic N) is 2. The molecule has 1 aliphatic heterocycles. The fourth-order valence-corrected chi connectivity index (χ4v) is 3.04. The molecule has 27 heavy (non-hydrogen) atoms. The van der Waals surface area contributed by atoms with Crippen LogP contribution in [0, 0.1) is 17.5 Å². The predicted molar refractivity (Wildman–Crippen MR) is 92.2 cm³/mol. The molecule has 0 aliphatic carbocycles. The van der Waals surface area contributed by atoms with Crippen LogP contribution in [0.2, 0.25) is 0 Å². The summed E-state index contributed by atoms with van der Waals surface area (Å²) in [5, 5.41) is 10.3. The molecule has 1 aromatic heterocycles. The first-order chi connectivity index (χ1) is 13.0. The summed E-state index contributed by atoms with van der Waals surface area (Å²) in [4.78, 5) is 12.1. The standard InChI is InChI=1S/C19H15F3N4O/c20-13-3-1-12(2-4-13)16-8-17-19(27)24-10-18(26(17)25-16)23-9-11-5-14(21)7-15(22)6-11/h1-8,18,23H,9-10H2,(H,24,27)/t18-/m1/s1. The Bertz CT molecular complexity index is 980. The van der Waals surface area contributed by atoms with Gasteiger partial charge in [0.05, 0.1) is 12.2 Å². The van der Waals surface area contributed by atoms with Gasteiger partial charge in [-0.15, -0.1) is 0 Å². The highest BCUT2D eigenvalue weighted by molar-refractivity contribution is 5.94. The van der Waals surface area contributed by atoms with Crippen molar-refractivity contribution in [3.63, 3.8) is 0 Å². The molecule has 0 unspecified atom stereocenters. The zero-order chi connectivity index (χ0) is 19.0. The molecule has 138 valence electrons. The molecule has 1 amide bonds. The normalized spacial score (nSPS) is 16.1. The van der Waals surface area contributed by atoms with Gasteiger partial charge in [-0.25, -0.2) is 17.9 Å². The van der Waals surface area contributed by atoms with E-state index in [4.69, 9.17) is 0 Å². The maximum Gasteiger partial charge on any atom is 0.269 e. The van der Waals surface area contributed by atoms with E-state index in [9.17, 15) is 18.0 Å². The van der Waals surface area contributed by atoms with E-state index in [2.05, 4.69) is 15.7 Å². The number of hydrogen-bond donors (Lipinski definition) is 2. The van der Waals surface area contributed by atoms with E-state index in [1.807, 2.05) is 0 Å². The highest BCUT2D eigenvalue weighted by Gasteiger charge is 2.27. The van der Waals surface area contributed by atoms with Crippen molar-refractivity contribution in [1.29, 1.82) is 0 Å². The Kier molecular flexibility index (Phi) is 4.41. The number of fused-ring (bicyclic) bond motifs is 1. The van der Waals surface area contributed by atoms with Crippen LogP contribution in [0.3, 0.4) is 0 Å². The highest BCUT2D eigenvalue weighted by Crippen LogP contribution is 2.23. The maximum absolute atomic E-state index is 13.3. The lowest BCUT2D eigenvalue weighted by atomic mass is 10.1. The minimum atomic E-state index is -0.651. The van der Waals surface area contributed by atoms with Crippen molar-refractivity contribution >= 4 is 5.91 Å². The molecule has 2 heterocycles. The van der Waals surface area contributed by atoms with Gasteiger partial charge >= 0.3 is 0 Å². The van der Waals surface area contributed by atoms with Crippen molar-refractivity contribution in [2.75, 3.05) is 6.54 Å². The molecule has 0 bridgehead atoms. The van der Waals surface area contributed by atoms with E-state index >= 15 is 0 Å². The predicted octanol–water partition coefficient (Wildman–Crippen LogP) is 3.00. The molecule has 1 atom stereocenters. The molecule has 3 aromatic rings. The van der Waals surface area contributed by atoms with Gasteiger partial charge in [-0.2, -0.15) is 5.10 Å². The summed E-state index contributed by atoms with van der Waals surface area (Å²) in [6, 6.07) is 10.7. The minimum Gasteiger partial charge on any atom is -0.347 e. The van der Waals surface area contributed by atoms with E-state index in [0.717, 1.165) is 6.07 Å². The topological polar surface area (TPSA) is 59.0 Å². The van der Waals surface area contributed by atoms with Gasteiger partial charge in [0.25, 0.3) is 5.91 Å². The first-order valence-electron chi connectivity index (χ1n) is 8.31. The fraction of sp³-hybridized carbons (Fsp3) is 0.158. The van der Waals surface area contributed by atoms with Crippen molar-refractivity contribution in [3.8, 4) is 11.3 Å². The van der Waals surface area contributed by atoms with Gasteiger partial charge in [0, 0.05) is 18.2 Å². The maximum atomic E-state index is 13.3. The van der Waals surface area contributed by atoms with Gasteiger partial charge in [0.15, 0.2) is 0 Å². The number of amides is 1. The van der Waals surface area contributed by atoms with Gasteiger partial charge in [0.1, 0.15) is 29.3 Å². The summed E-state index contributed by atoms with van der Waals surface area (Å²) in [6.07, 6.45) is -0.391. The average Bonchev–Trinajstić information content (AvgIpc) is 3.07. The minimum absolute atomic E-state index is 0.195. The number of carbonyl (C=O) groups is 1. The summed E-state index contributed by atoms with van der Waals surface area (Å²) >= 11 is 0. The Balaban J connectivity index is 1.59. The number of nitrogens with one attached hydrogen (secondary N) is 2. The van der Waals surface area contributed by atoms with Crippen molar-refractivity contribution in [3.05, 3.63) is 77.2 Å². The SMILES string of the molecule is O=C1NC[C@H](NCc2cc(F)cc(F)c2)n2nc(-c3ccc(F)cc3)cc21. The van der Waals surface area contributed by atoms with Crippen LogP contribution in [-0.2, 0) is 6.54 Å². The van der Waals surface area contributed by atoms with Gasteiger partial charge in [-0.05, 0) is 48.0 Å². The second-order valence-corrected chi connectivity index (χ2v) is 6.25. The average molecular weight is 372 g/mol. The third-order valence-corrected chi connectivity index (χ3v) is 4.32. The molecule has 0 saturated carbocycles. The van der Waals surface area contributed by atoms with Gasteiger partial charge < -0.3 is 5.32 Å². The lowest BCUT2D eigenvalue weighted by Gasteiger charge is -2.25. The van der Waals surface area contributed by atoms with Crippen molar-refractivity contribution in [2.24, 2.45) is 0 Å².